The van der Waals surface area contributed by atoms with Crippen LogP contribution in [0.2, 0.25) is 0 Å². The summed E-state index contributed by atoms with van der Waals surface area (Å²) in [7, 11) is 0. The van der Waals surface area contributed by atoms with Crippen LogP contribution in [0.15, 0.2) is 45.7 Å². The number of oxazole rings is 1. The van der Waals surface area contributed by atoms with Gasteiger partial charge in [-0.1, -0.05) is 6.92 Å². The Labute approximate surface area is 154 Å². The summed E-state index contributed by atoms with van der Waals surface area (Å²) in [5.74, 6) is -0.508. The van der Waals surface area contributed by atoms with Crippen molar-refractivity contribution in [3.8, 4) is 5.75 Å². The van der Waals surface area contributed by atoms with Gasteiger partial charge in [0, 0.05) is 18.3 Å². The summed E-state index contributed by atoms with van der Waals surface area (Å²) in [6, 6.07) is 8.20. The molecule has 0 fully saturated rings. The lowest BCUT2D eigenvalue weighted by Crippen LogP contribution is -2.39. The van der Waals surface area contributed by atoms with Crippen molar-refractivity contribution in [3.63, 3.8) is 0 Å². The first-order valence-electron chi connectivity index (χ1n) is 8.63. The first-order chi connectivity index (χ1) is 13.1. The molecule has 1 amide bonds. The van der Waals surface area contributed by atoms with E-state index < -0.39 is 5.76 Å². The lowest BCUT2D eigenvalue weighted by molar-refractivity contribution is -0.121. The fourth-order valence-electron chi connectivity index (χ4n) is 3.12. The maximum Gasteiger partial charge on any atom is 0.421 e. The average Bonchev–Trinajstić information content (AvgIpc) is 2.99. The molecule has 0 radical (unpaired) electrons. The molecule has 8 nitrogen and oxygen atoms in total. The largest absolute Gasteiger partial charge is 0.482 e. The van der Waals surface area contributed by atoms with Crippen LogP contribution in [0.25, 0.3) is 11.2 Å². The van der Waals surface area contributed by atoms with Crippen molar-refractivity contribution in [3.05, 3.63) is 52.6 Å². The topological polar surface area (TPSA) is 94.6 Å². The van der Waals surface area contributed by atoms with Crippen molar-refractivity contribution >= 4 is 28.6 Å². The summed E-state index contributed by atoms with van der Waals surface area (Å²) in [5, 5.41) is 0. The molecular formula is C19H17N3O5. The lowest BCUT2D eigenvalue weighted by Gasteiger charge is -2.29. The fraction of sp³-hybridized carbons (Fsp3) is 0.263. The molecule has 0 saturated carbocycles. The number of carbonyl (C=O) groups excluding carboxylic acids is 2. The van der Waals surface area contributed by atoms with Crippen LogP contribution in [-0.2, 0) is 11.3 Å². The van der Waals surface area contributed by atoms with Crippen LogP contribution < -0.4 is 15.4 Å². The first-order valence-corrected chi connectivity index (χ1v) is 8.63. The molecule has 2 aromatic heterocycles. The van der Waals surface area contributed by atoms with Gasteiger partial charge in [0.2, 0.25) is 0 Å². The van der Waals surface area contributed by atoms with Gasteiger partial charge in [-0.05, 0) is 36.8 Å². The first kappa shape index (κ1) is 17.0. The summed E-state index contributed by atoms with van der Waals surface area (Å²) in [6.45, 7) is 2.30. The molecule has 8 heteroatoms. The molecule has 3 heterocycles. The molecule has 0 bridgehead atoms. The highest BCUT2D eigenvalue weighted by Gasteiger charge is 2.26. The molecule has 0 unspecified atom stereocenters. The molecule has 3 aromatic rings. The Hall–Kier alpha value is -3.42. The van der Waals surface area contributed by atoms with Gasteiger partial charge in [-0.15, -0.1) is 0 Å². The van der Waals surface area contributed by atoms with E-state index in [1.165, 1.54) is 10.8 Å². The standard InChI is InChI=1S/C19H17N3O5/c1-2-8-21-13-9-12(5-6-15(13)26-11-17(21)24)14(23)10-22-18-16(27-19(22)25)4-3-7-20-18/h3-7,9H,2,8,10-11H2,1H3. The molecule has 0 saturated heterocycles. The number of amides is 1. The number of fused-ring (bicyclic) bond motifs is 2. The van der Waals surface area contributed by atoms with Crippen molar-refractivity contribution < 1.29 is 18.7 Å². The van der Waals surface area contributed by atoms with Crippen LogP contribution in [-0.4, -0.2) is 34.4 Å². The van der Waals surface area contributed by atoms with Crippen LogP contribution in [0.3, 0.4) is 0 Å². The van der Waals surface area contributed by atoms with Gasteiger partial charge >= 0.3 is 5.76 Å². The number of hydrogen-bond donors (Lipinski definition) is 0. The number of aromatic nitrogens is 2. The highest BCUT2D eigenvalue weighted by molar-refractivity contribution is 6.02. The maximum absolute atomic E-state index is 12.8. The normalized spacial score (nSPS) is 13.5. The highest BCUT2D eigenvalue weighted by Crippen LogP contribution is 2.33. The van der Waals surface area contributed by atoms with Gasteiger partial charge in [-0.3, -0.25) is 14.2 Å². The Morgan fingerprint density at radius 2 is 2.11 bits per heavy atom. The zero-order chi connectivity index (χ0) is 19.0. The minimum absolute atomic E-state index is 0.0115. The van der Waals surface area contributed by atoms with Crippen LogP contribution in [0.5, 0.6) is 5.75 Å². The van der Waals surface area contributed by atoms with Gasteiger partial charge in [-0.25, -0.2) is 9.78 Å². The van der Waals surface area contributed by atoms with E-state index in [9.17, 15) is 14.4 Å². The minimum Gasteiger partial charge on any atom is -0.482 e. The average molecular weight is 367 g/mol. The number of hydrogen-bond acceptors (Lipinski definition) is 6. The Bertz CT molecular complexity index is 1100. The van der Waals surface area contributed by atoms with Crippen LogP contribution in [0.4, 0.5) is 5.69 Å². The predicted octanol–water partition coefficient (Wildman–Crippen LogP) is 2.01. The van der Waals surface area contributed by atoms with E-state index in [1.54, 1.807) is 35.2 Å². The molecule has 4 rings (SSSR count). The zero-order valence-corrected chi connectivity index (χ0v) is 14.7. The van der Waals surface area contributed by atoms with Gasteiger partial charge in [0.05, 0.1) is 12.2 Å². The third kappa shape index (κ3) is 2.99. The van der Waals surface area contributed by atoms with Crippen molar-refractivity contribution in [2.45, 2.75) is 19.9 Å². The number of benzene rings is 1. The summed E-state index contributed by atoms with van der Waals surface area (Å²) in [6.07, 6.45) is 2.31. The monoisotopic (exact) mass is 367 g/mol. The summed E-state index contributed by atoms with van der Waals surface area (Å²) >= 11 is 0. The number of Topliss-reactive ketones (excluding diaryl/α,β-unsaturated/α-hetero) is 1. The third-order valence-electron chi connectivity index (χ3n) is 4.40. The Morgan fingerprint density at radius 3 is 2.93 bits per heavy atom. The molecule has 1 aromatic carbocycles. The third-order valence-corrected chi connectivity index (χ3v) is 4.40. The van der Waals surface area contributed by atoms with Gasteiger partial charge in [0.1, 0.15) is 5.75 Å². The number of nitrogens with zero attached hydrogens (tertiary/aromatic N) is 3. The number of anilines is 1. The number of pyridine rings is 1. The van der Waals surface area contributed by atoms with Gasteiger partial charge in [0.15, 0.2) is 23.6 Å². The van der Waals surface area contributed by atoms with E-state index in [2.05, 4.69) is 4.98 Å². The number of ether oxygens (including phenoxy) is 1. The number of carbonyl (C=O) groups is 2. The summed E-state index contributed by atoms with van der Waals surface area (Å²) < 4.78 is 11.8. The Balaban J connectivity index is 1.67. The van der Waals surface area contributed by atoms with E-state index in [4.69, 9.17) is 9.15 Å². The van der Waals surface area contributed by atoms with Gasteiger partial charge in [-0.2, -0.15) is 0 Å². The van der Waals surface area contributed by atoms with Gasteiger partial charge < -0.3 is 14.1 Å². The highest BCUT2D eigenvalue weighted by atomic mass is 16.5. The molecule has 1 aliphatic heterocycles. The minimum atomic E-state index is -0.638. The zero-order valence-electron chi connectivity index (χ0n) is 14.7. The maximum atomic E-state index is 12.8. The van der Waals surface area contributed by atoms with E-state index >= 15 is 0 Å². The number of ketones is 1. The van der Waals surface area contributed by atoms with Gasteiger partial charge in [0.25, 0.3) is 5.91 Å². The number of rotatable bonds is 5. The van der Waals surface area contributed by atoms with Crippen LogP contribution in [0, 0.1) is 0 Å². The van der Waals surface area contributed by atoms with E-state index in [0.717, 1.165) is 6.42 Å². The molecule has 0 aliphatic carbocycles. The van der Waals surface area contributed by atoms with E-state index in [0.29, 0.717) is 34.8 Å². The van der Waals surface area contributed by atoms with E-state index in [1.807, 2.05) is 6.92 Å². The van der Waals surface area contributed by atoms with Crippen molar-refractivity contribution in [1.82, 2.24) is 9.55 Å². The van der Waals surface area contributed by atoms with Crippen molar-refractivity contribution in [1.29, 1.82) is 0 Å². The molecular weight excluding hydrogens is 350 g/mol. The van der Waals surface area contributed by atoms with Crippen molar-refractivity contribution in [2.75, 3.05) is 18.1 Å². The summed E-state index contributed by atoms with van der Waals surface area (Å²) in [4.78, 5) is 42.7. The molecule has 27 heavy (non-hydrogen) atoms. The molecule has 0 spiro atoms. The lowest BCUT2D eigenvalue weighted by atomic mass is 10.1. The molecule has 138 valence electrons. The van der Waals surface area contributed by atoms with E-state index in [-0.39, 0.29) is 24.8 Å². The van der Waals surface area contributed by atoms with Crippen LogP contribution in [0.1, 0.15) is 23.7 Å². The van der Waals surface area contributed by atoms with Crippen molar-refractivity contribution in [2.24, 2.45) is 0 Å². The van der Waals surface area contributed by atoms with Crippen LogP contribution >= 0.6 is 0 Å². The second-order valence-corrected chi connectivity index (χ2v) is 6.22. The fourth-order valence-corrected chi connectivity index (χ4v) is 3.12. The SMILES string of the molecule is CCCN1C(=O)COc2ccc(C(=O)Cn3c(=O)oc4cccnc43)cc21. The summed E-state index contributed by atoms with van der Waals surface area (Å²) in [5.41, 5.74) is 1.60. The second-order valence-electron chi connectivity index (χ2n) is 6.22. The Kier molecular flexibility index (Phi) is 4.23. The molecule has 1 aliphatic rings. The second kappa shape index (κ2) is 6.71. The predicted molar refractivity (Wildman–Crippen MR) is 97.2 cm³/mol. The molecule has 0 atom stereocenters. The quantitative estimate of drug-likeness (QED) is 0.640. The molecule has 0 N–H and O–H groups in total. The smallest absolute Gasteiger partial charge is 0.421 e. The Morgan fingerprint density at radius 1 is 1.26 bits per heavy atom.